The average Bonchev–Trinajstić information content (AvgIpc) is 2.33. The molecule has 2 unspecified atom stereocenters. The lowest BCUT2D eigenvalue weighted by Crippen LogP contribution is -2.25. The lowest BCUT2D eigenvalue weighted by atomic mass is 9.88. The van der Waals surface area contributed by atoms with Crippen molar-refractivity contribution in [3.05, 3.63) is 28.2 Å². The van der Waals surface area contributed by atoms with E-state index in [9.17, 15) is 0 Å². The Kier molecular flexibility index (Phi) is 4.46. The molecule has 94 valence electrons. The second-order valence-corrected chi connectivity index (χ2v) is 5.72. The van der Waals surface area contributed by atoms with Crippen LogP contribution in [0, 0.1) is 5.92 Å². The first-order chi connectivity index (χ1) is 8.18. The van der Waals surface area contributed by atoms with E-state index in [1.807, 2.05) is 12.1 Å². The Morgan fingerprint density at radius 2 is 2.12 bits per heavy atom. The predicted molar refractivity (Wildman–Crippen MR) is 74.8 cm³/mol. The van der Waals surface area contributed by atoms with E-state index in [1.54, 1.807) is 0 Å². The Balaban J connectivity index is 1.95. The summed E-state index contributed by atoms with van der Waals surface area (Å²) < 4.78 is 7.01. The van der Waals surface area contributed by atoms with E-state index in [0.29, 0.717) is 18.6 Å². The SMILES string of the molecule is CC1CCCCC1OCc1cccc(N)c1Br. The summed E-state index contributed by atoms with van der Waals surface area (Å²) in [6, 6.07) is 5.94. The summed E-state index contributed by atoms with van der Waals surface area (Å²) in [5.41, 5.74) is 7.78. The minimum atomic E-state index is 0.414. The van der Waals surface area contributed by atoms with E-state index >= 15 is 0 Å². The number of hydrogen-bond acceptors (Lipinski definition) is 2. The molecule has 1 aliphatic carbocycles. The molecule has 1 aliphatic rings. The van der Waals surface area contributed by atoms with Gasteiger partial charge in [-0.25, -0.2) is 0 Å². The van der Waals surface area contributed by atoms with Gasteiger partial charge in [0.25, 0.3) is 0 Å². The number of hydrogen-bond donors (Lipinski definition) is 1. The largest absolute Gasteiger partial charge is 0.398 e. The second kappa shape index (κ2) is 5.87. The van der Waals surface area contributed by atoms with Gasteiger partial charge in [-0.3, -0.25) is 0 Å². The number of nitrogens with two attached hydrogens (primary N) is 1. The molecule has 0 spiro atoms. The van der Waals surface area contributed by atoms with Crippen molar-refractivity contribution in [2.45, 2.75) is 45.3 Å². The van der Waals surface area contributed by atoms with E-state index in [0.717, 1.165) is 15.7 Å². The molecular formula is C14H20BrNO. The maximum absolute atomic E-state index is 6.03. The number of rotatable bonds is 3. The molecule has 0 amide bonds. The Morgan fingerprint density at radius 1 is 1.35 bits per heavy atom. The van der Waals surface area contributed by atoms with Crippen LogP contribution in [0.1, 0.15) is 38.2 Å². The minimum Gasteiger partial charge on any atom is -0.398 e. The highest BCUT2D eigenvalue weighted by Crippen LogP contribution is 2.29. The molecule has 0 saturated heterocycles. The van der Waals surface area contributed by atoms with Crippen LogP contribution in [0.25, 0.3) is 0 Å². The first-order valence-corrected chi connectivity index (χ1v) is 7.12. The van der Waals surface area contributed by atoms with E-state index in [1.165, 1.54) is 25.7 Å². The average molecular weight is 298 g/mol. The summed E-state index contributed by atoms with van der Waals surface area (Å²) in [6.07, 6.45) is 5.55. The van der Waals surface area contributed by atoms with E-state index in [4.69, 9.17) is 10.5 Å². The maximum atomic E-state index is 6.03. The Labute approximate surface area is 112 Å². The van der Waals surface area contributed by atoms with Gasteiger partial charge in [-0.05, 0) is 46.3 Å². The highest BCUT2D eigenvalue weighted by atomic mass is 79.9. The van der Waals surface area contributed by atoms with Gasteiger partial charge in [-0.15, -0.1) is 0 Å². The smallest absolute Gasteiger partial charge is 0.0732 e. The summed E-state index contributed by atoms with van der Waals surface area (Å²) in [7, 11) is 0. The zero-order valence-corrected chi connectivity index (χ0v) is 11.9. The summed E-state index contributed by atoms with van der Waals surface area (Å²) >= 11 is 3.52. The first-order valence-electron chi connectivity index (χ1n) is 6.33. The van der Waals surface area contributed by atoms with Gasteiger partial charge >= 0.3 is 0 Å². The molecular weight excluding hydrogens is 278 g/mol. The van der Waals surface area contributed by atoms with Gasteiger partial charge in [0.15, 0.2) is 0 Å². The zero-order chi connectivity index (χ0) is 12.3. The summed E-state index contributed by atoms with van der Waals surface area (Å²) in [5.74, 6) is 0.684. The van der Waals surface area contributed by atoms with Crippen molar-refractivity contribution >= 4 is 21.6 Å². The Morgan fingerprint density at radius 3 is 2.88 bits per heavy atom. The Hall–Kier alpha value is -0.540. The normalized spacial score (nSPS) is 24.8. The van der Waals surface area contributed by atoms with Gasteiger partial charge in [-0.1, -0.05) is 31.9 Å². The van der Waals surface area contributed by atoms with Crippen LogP contribution >= 0.6 is 15.9 Å². The third kappa shape index (κ3) is 3.23. The number of anilines is 1. The Bertz CT molecular complexity index is 380. The molecule has 2 rings (SSSR count). The zero-order valence-electron chi connectivity index (χ0n) is 10.3. The number of nitrogen functional groups attached to an aromatic ring is 1. The van der Waals surface area contributed by atoms with Crippen LogP contribution in [0.5, 0.6) is 0 Å². The molecule has 0 bridgehead atoms. The van der Waals surface area contributed by atoms with E-state index < -0.39 is 0 Å². The van der Waals surface area contributed by atoms with Crippen LogP contribution in [0.3, 0.4) is 0 Å². The predicted octanol–water partition coefficient (Wildman–Crippen LogP) is 4.13. The number of benzene rings is 1. The van der Waals surface area contributed by atoms with Crippen LogP contribution < -0.4 is 5.73 Å². The van der Waals surface area contributed by atoms with Crippen LogP contribution in [0.15, 0.2) is 22.7 Å². The van der Waals surface area contributed by atoms with Crippen molar-refractivity contribution in [3.63, 3.8) is 0 Å². The lowest BCUT2D eigenvalue weighted by molar-refractivity contribution is -0.0156. The van der Waals surface area contributed by atoms with Crippen molar-refractivity contribution in [1.82, 2.24) is 0 Å². The molecule has 0 heterocycles. The second-order valence-electron chi connectivity index (χ2n) is 4.93. The fraction of sp³-hybridized carbons (Fsp3) is 0.571. The topological polar surface area (TPSA) is 35.2 Å². The standard InChI is InChI=1S/C14H20BrNO/c1-10-5-2-3-8-13(10)17-9-11-6-4-7-12(16)14(11)15/h4,6-7,10,13H,2-3,5,8-9,16H2,1H3. The van der Waals surface area contributed by atoms with Crippen molar-refractivity contribution in [3.8, 4) is 0 Å². The van der Waals surface area contributed by atoms with Gasteiger partial charge in [0, 0.05) is 10.2 Å². The molecule has 2 N–H and O–H groups in total. The third-order valence-electron chi connectivity index (χ3n) is 3.59. The molecule has 1 aromatic rings. The monoisotopic (exact) mass is 297 g/mol. The van der Waals surface area contributed by atoms with Gasteiger partial charge in [0.05, 0.1) is 12.7 Å². The quantitative estimate of drug-likeness (QED) is 0.852. The molecule has 3 heteroatoms. The molecule has 1 aromatic carbocycles. The van der Waals surface area contributed by atoms with Gasteiger partial charge in [0.2, 0.25) is 0 Å². The summed E-state index contributed by atoms with van der Waals surface area (Å²) in [6.45, 7) is 2.94. The van der Waals surface area contributed by atoms with Gasteiger partial charge in [0.1, 0.15) is 0 Å². The molecule has 0 aromatic heterocycles. The number of ether oxygens (including phenoxy) is 1. The van der Waals surface area contributed by atoms with Crippen molar-refractivity contribution in [2.24, 2.45) is 5.92 Å². The van der Waals surface area contributed by atoms with Crippen LogP contribution in [0.2, 0.25) is 0 Å². The molecule has 0 radical (unpaired) electrons. The molecule has 2 nitrogen and oxygen atoms in total. The summed E-state index contributed by atoms with van der Waals surface area (Å²) in [4.78, 5) is 0. The summed E-state index contributed by atoms with van der Waals surface area (Å²) in [5, 5.41) is 0. The maximum Gasteiger partial charge on any atom is 0.0732 e. The molecule has 17 heavy (non-hydrogen) atoms. The highest BCUT2D eigenvalue weighted by Gasteiger charge is 2.21. The van der Waals surface area contributed by atoms with Crippen LogP contribution in [-0.4, -0.2) is 6.10 Å². The fourth-order valence-electron chi connectivity index (χ4n) is 2.44. The van der Waals surface area contributed by atoms with E-state index in [-0.39, 0.29) is 0 Å². The number of halogens is 1. The van der Waals surface area contributed by atoms with E-state index in [2.05, 4.69) is 28.9 Å². The third-order valence-corrected chi connectivity index (χ3v) is 4.56. The lowest BCUT2D eigenvalue weighted by Gasteiger charge is -2.28. The molecule has 1 fully saturated rings. The van der Waals surface area contributed by atoms with Crippen LogP contribution in [-0.2, 0) is 11.3 Å². The molecule has 1 saturated carbocycles. The molecule has 0 aliphatic heterocycles. The minimum absolute atomic E-state index is 0.414. The first kappa shape index (κ1) is 12.9. The van der Waals surface area contributed by atoms with Crippen molar-refractivity contribution in [2.75, 3.05) is 5.73 Å². The van der Waals surface area contributed by atoms with Gasteiger partial charge < -0.3 is 10.5 Å². The fourth-order valence-corrected chi connectivity index (χ4v) is 2.82. The van der Waals surface area contributed by atoms with Crippen molar-refractivity contribution in [1.29, 1.82) is 0 Å². The van der Waals surface area contributed by atoms with Crippen molar-refractivity contribution < 1.29 is 4.74 Å². The van der Waals surface area contributed by atoms with Gasteiger partial charge in [-0.2, -0.15) is 0 Å². The van der Waals surface area contributed by atoms with Crippen LogP contribution in [0.4, 0.5) is 5.69 Å². The highest BCUT2D eigenvalue weighted by molar-refractivity contribution is 9.10. The molecule has 2 atom stereocenters.